The molecule has 2 aliphatic heterocycles. The molecule has 6 N–H and O–H groups in total. The van der Waals surface area contributed by atoms with Gasteiger partial charge in [0.2, 0.25) is 29.5 Å². The first-order valence-electron chi connectivity index (χ1n) is 17.0. The highest BCUT2D eigenvalue weighted by molar-refractivity contribution is 5.96. The minimum absolute atomic E-state index is 0.0232. The Morgan fingerprint density at radius 2 is 1.46 bits per heavy atom. The molecule has 0 spiro atoms. The molecule has 5 amide bonds. The Balaban J connectivity index is 1.69. The number of nitrogens with one attached hydrogen (secondary N) is 4. The Kier molecular flexibility index (Phi) is 13.5. The maximum absolute atomic E-state index is 14.0. The van der Waals surface area contributed by atoms with Gasteiger partial charge in [0.15, 0.2) is 0 Å². The van der Waals surface area contributed by atoms with Crippen molar-refractivity contribution in [3.8, 4) is 0 Å². The Bertz CT molecular complexity index is 1320. The van der Waals surface area contributed by atoms with Gasteiger partial charge in [0.1, 0.15) is 35.7 Å². The van der Waals surface area contributed by atoms with Gasteiger partial charge >= 0.3 is 0 Å². The predicted octanol–water partition coefficient (Wildman–Crippen LogP) is 0.832. The maximum atomic E-state index is 14.0. The number of aromatic nitrogens is 1. The van der Waals surface area contributed by atoms with Gasteiger partial charge in [-0.3, -0.25) is 39.3 Å². The molecule has 0 aromatic carbocycles. The third-order valence-corrected chi connectivity index (χ3v) is 9.16. The molecule has 48 heavy (non-hydrogen) atoms. The van der Waals surface area contributed by atoms with E-state index >= 15 is 0 Å². The molecule has 5 atom stereocenters. The topological polar surface area (TPSA) is 194 Å². The van der Waals surface area contributed by atoms with E-state index in [0.29, 0.717) is 44.5 Å². The van der Waals surface area contributed by atoms with Crippen LogP contribution >= 0.6 is 0 Å². The quantitative estimate of drug-likeness (QED) is 0.142. The molecule has 2 fully saturated rings. The van der Waals surface area contributed by atoms with Crippen molar-refractivity contribution < 1.29 is 24.0 Å². The zero-order valence-corrected chi connectivity index (χ0v) is 29.7. The monoisotopic (exact) mass is 669 g/mol. The zero-order chi connectivity index (χ0) is 35.9. The summed E-state index contributed by atoms with van der Waals surface area (Å²) in [5.74, 6) is -2.24. The SMILES string of the molecule is CC(C)[C@H](NC(=O)[C@H](C(C)C)N(C)C)C(=O)N[C@H](C(=O)N1CCC[C@H]1C(=O)N1CCC[C@H]1C(=O)NCc1ccc(C(=N)N)nc1)C(C)C. The van der Waals surface area contributed by atoms with Crippen LogP contribution in [0.5, 0.6) is 0 Å². The van der Waals surface area contributed by atoms with E-state index in [1.807, 2.05) is 60.5 Å². The summed E-state index contributed by atoms with van der Waals surface area (Å²) in [6.45, 7) is 12.2. The number of likely N-dealkylation sites (N-methyl/N-ethyl adjacent to an activating group) is 1. The lowest BCUT2D eigenvalue weighted by Gasteiger charge is -2.35. The Hall–Kier alpha value is -4.07. The summed E-state index contributed by atoms with van der Waals surface area (Å²) >= 11 is 0. The zero-order valence-electron chi connectivity index (χ0n) is 29.7. The van der Waals surface area contributed by atoms with Crippen LogP contribution in [-0.2, 0) is 30.5 Å². The second-order valence-corrected chi connectivity index (χ2v) is 14.2. The Morgan fingerprint density at radius 3 is 1.98 bits per heavy atom. The lowest BCUT2D eigenvalue weighted by atomic mass is 9.97. The molecule has 3 rings (SSSR count). The second kappa shape index (κ2) is 16.8. The van der Waals surface area contributed by atoms with Crippen LogP contribution in [0.3, 0.4) is 0 Å². The molecule has 0 saturated carbocycles. The molecule has 14 nitrogen and oxygen atoms in total. The number of nitrogens with two attached hydrogens (primary N) is 1. The number of likely N-dealkylation sites (tertiary alicyclic amines) is 2. The number of pyridine rings is 1. The standard InChI is InChI=1S/C34H55N9O5/c1-19(2)26(39-32(46)28(21(5)6)41(7)8)31(45)40-27(20(3)4)34(48)43-16-10-12-25(43)33(47)42-15-9-11-24(42)30(44)38-18-22-13-14-23(29(35)36)37-17-22/h13-14,17,19-21,24-28H,9-12,15-16,18H2,1-8H3,(H3,35,36)(H,38,44)(H,39,46)(H,40,45)/t24-,25-,26-,27-,28-/m0/s1. The van der Waals surface area contributed by atoms with Crippen LogP contribution in [0.2, 0.25) is 0 Å². The van der Waals surface area contributed by atoms with Crippen LogP contribution in [0.15, 0.2) is 18.3 Å². The van der Waals surface area contributed by atoms with Gasteiger partial charge in [-0.2, -0.15) is 0 Å². The molecular weight excluding hydrogens is 614 g/mol. The third kappa shape index (κ3) is 9.30. The van der Waals surface area contributed by atoms with Crippen LogP contribution in [0.4, 0.5) is 0 Å². The van der Waals surface area contributed by atoms with Gasteiger partial charge in [-0.1, -0.05) is 47.6 Å². The van der Waals surface area contributed by atoms with Gasteiger partial charge in [-0.05, 0) is 69.2 Å². The van der Waals surface area contributed by atoms with Crippen molar-refractivity contribution in [1.82, 2.24) is 35.6 Å². The van der Waals surface area contributed by atoms with Crippen molar-refractivity contribution in [2.75, 3.05) is 27.2 Å². The molecule has 2 saturated heterocycles. The molecular formula is C34H55N9O5. The van der Waals surface area contributed by atoms with Crippen LogP contribution in [0.25, 0.3) is 0 Å². The van der Waals surface area contributed by atoms with E-state index in [4.69, 9.17) is 11.1 Å². The van der Waals surface area contributed by atoms with Gasteiger partial charge < -0.3 is 31.5 Å². The minimum atomic E-state index is -0.903. The first-order valence-corrected chi connectivity index (χ1v) is 17.0. The summed E-state index contributed by atoms with van der Waals surface area (Å²) in [5.41, 5.74) is 6.54. The van der Waals surface area contributed by atoms with Crippen molar-refractivity contribution in [3.05, 3.63) is 29.6 Å². The second-order valence-electron chi connectivity index (χ2n) is 14.2. The van der Waals surface area contributed by atoms with Crippen molar-refractivity contribution in [1.29, 1.82) is 5.41 Å². The van der Waals surface area contributed by atoms with Crippen LogP contribution in [0, 0.1) is 23.2 Å². The van der Waals surface area contributed by atoms with E-state index in [9.17, 15) is 24.0 Å². The van der Waals surface area contributed by atoms with Crippen LogP contribution in [0.1, 0.15) is 78.5 Å². The van der Waals surface area contributed by atoms with Crippen molar-refractivity contribution >= 4 is 35.4 Å². The average molecular weight is 670 g/mol. The molecule has 1 aromatic rings. The number of carbonyl (C=O) groups is 5. The molecule has 14 heteroatoms. The molecule has 3 heterocycles. The first-order chi connectivity index (χ1) is 22.5. The lowest BCUT2D eigenvalue weighted by molar-refractivity contribution is -0.148. The lowest BCUT2D eigenvalue weighted by Crippen LogP contribution is -2.61. The van der Waals surface area contributed by atoms with Crippen molar-refractivity contribution in [3.63, 3.8) is 0 Å². The highest BCUT2D eigenvalue weighted by atomic mass is 16.2. The van der Waals surface area contributed by atoms with E-state index < -0.39 is 36.1 Å². The fraction of sp³-hybridized carbons (Fsp3) is 0.676. The van der Waals surface area contributed by atoms with Crippen molar-refractivity contribution in [2.45, 2.75) is 104 Å². The Morgan fingerprint density at radius 1 is 0.875 bits per heavy atom. The molecule has 266 valence electrons. The molecule has 1 aromatic heterocycles. The Labute approximate surface area is 284 Å². The predicted molar refractivity (Wildman–Crippen MR) is 182 cm³/mol. The number of amidine groups is 1. The largest absolute Gasteiger partial charge is 0.382 e. The number of hydrogen-bond donors (Lipinski definition) is 5. The number of hydrogen-bond acceptors (Lipinski definition) is 8. The number of nitrogens with zero attached hydrogens (tertiary/aromatic N) is 4. The smallest absolute Gasteiger partial charge is 0.246 e. The van der Waals surface area contributed by atoms with E-state index in [2.05, 4.69) is 20.9 Å². The van der Waals surface area contributed by atoms with E-state index in [0.717, 1.165) is 5.56 Å². The summed E-state index contributed by atoms with van der Waals surface area (Å²) in [7, 11) is 3.64. The van der Waals surface area contributed by atoms with Crippen LogP contribution in [-0.4, -0.2) is 112 Å². The van der Waals surface area contributed by atoms with E-state index in [1.54, 1.807) is 28.1 Å². The average Bonchev–Trinajstić information content (AvgIpc) is 3.71. The van der Waals surface area contributed by atoms with Gasteiger partial charge in [0.25, 0.3) is 0 Å². The number of nitrogen functional groups attached to an aromatic ring is 1. The molecule has 0 aliphatic carbocycles. The van der Waals surface area contributed by atoms with E-state index in [1.165, 1.54) is 0 Å². The highest BCUT2D eigenvalue weighted by Crippen LogP contribution is 2.26. The molecule has 2 aliphatic rings. The fourth-order valence-corrected chi connectivity index (χ4v) is 6.62. The fourth-order valence-electron chi connectivity index (χ4n) is 6.62. The van der Waals surface area contributed by atoms with Gasteiger partial charge in [-0.25, -0.2) is 0 Å². The normalized spacial score (nSPS) is 19.8. The van der Waals surface area contributed by atoms with Crippen LogP contribution < -0.4 is 21.7 Å². The molecule has 0 radical (unpaired) electrons. The summed E-state index contributed by atoms with van der Waals surface area (Å²) in [5, 5.41) is 16.2. The highest BCUT2D eigenvalue weighted by Gasteiger charge is 2.44. The summed E-state index contributed by atoms with van der Waals surface area (Å²) < 4.78 is 0. The minimum Gasteiger partial charge on any atom is -0.382 e. The summed E-state index contributed by atoms with van der Waals surface area (Å²) in [6, 6.07) is -0.232. The number of carbonyl (C=O) groups excluding carboxylic acids is 5. The molecule has 0 bridgehead atoms. The number of amides is 5. The van der Waals surface area contributed by atoms with E-state index in [-0.39, 0.29) is 53.8 Å². The third-order valence-electron chi connectivity index (χ3n) is 9.16. The van der Waals surface area contributed by atoms with Gasteiger partial charge in [-0.15, -0.1) is 0 Å². The first kappa shape index (κ1) is 38.4. The summed E-state index contributed by atoms with van der Waals surface area (Å²) in [4.78, 5) is 77.1. The number of rotatable bonds is 14. The van der Waals surface area contributed by atoms with Gasteiger partial charge in [0.05, 0.1) is 6.04 Å². The summed E-state index contributed by atoms with van der Waals surface area (Å²) in [6.07, 6.45) is 3.81. The van der Waals surface area contributed by atoms with Gasteiger partial charge in [0, 0.05) is 25.8 Å². The van der Waals surface area contributed by atoms with Crippen molar-refractivity contribution in [2.24, 2.45) is 23.5 Å². The molecule has 0 unspecified atom stereocenters. The maximum Gasteiger partial charge on any atom is 0.246 e.